The monoisotopic (exact) mass is 482 g/mol. The van der Waals surface area contributed by atoms with E-state index in [0.717, 1.165) is 42.9 Å². The third kappa shape index (κ3) is 5.74. The molecule has 2 saturated heterocycles. The molecule has 35 heavy (non-hydrogen) atoms. The maximum absolute atomic E-state index is 14.5. The van der Waals surface area contributed by atoms with E-state index in [2.05, 4.69) is 14.9 Å². The number of nitrogens with zero attached hydrogens (tertiary/aromatic N) is 4. The molecule has 1 N–H and O–H groups in total. The minimum atomic E-state index is -0.819. The summed E-state index contributed by atoms with van der Waals surface area (Å²) >= 11 is 0. The van der Waals surface area contributed by atoms with Crippen molar-refractivity contribution in [3.05, 3.63) is 47.5 Å². The van der Waals surface area contributed by atoms with Crippen LogP contribution in [0.3, 0.4) is 0 Å². The first-order valence-electron chi connectivity index (χ1n) is 12.7. The van der Waals surface area contributed by atoms with Gasteiger partial charge >= 0.3 is 0 Å². The summed E-state index contributed by atoms with van der Waals surface area (Å²) in [6, 6.07) is 4.75. The number of carbonyl (C=O) groups is 1. The van der Waals surface area contributed by atoms with Gasteiger partial charge in [0.1, 0.15) is 11.6 Å². The van der Waals surface area contributed by atoms with Gasteiger partial charge in [0, 0.05) is 31.5 Å². The van der Waals surface area contributed by atoms with Crippen LogP contribution in [0.1, 0.15) is 43.7 Å². The van der Waals surface area contributed by atoms with Gasteiger partial charge in [-0.15, -0.1) is 0 Å². The summed E-state index contributed by atoms with van der Waals surface area (Å²) in [5, 5.41) is 9.78. The molecule has 188 valence electrons. The van der Waals surface area contributed by atoms with Gasteiger partial charge in [-0.25, -0.2) is 14.4 Å². The number of anilines is 1. The van der Waals surface area contributed by atoms with Gasteiger partial charge in [-0.2, -0.15) is 0 Å². The fourth-order valence-corrected chi connectivity index (χ4v) is 5.57. The van der Waals surface area contributed by atoms with Crippen LogP contribution in [-0.2, 0) is 11.2 Å². The Bertz CT molecular complexity index is 1040. The average molecular weight is 483 g/mol. The second-order valence-corrected chi connectivity index (χ2v) is 10.9. The topological polar surface area (TPSA) is 78.8 Å². The van der Waals surface area contributed by atoms with E-state index in [0.29, 0.717) is 36.9 Å². The molecule has 1 aliphatic carbocycles. The first-order valence-corrected chi connectivity index (χ1v) is 12.7. The van der Waals surface area contributed by atoms with Gasteiger partial charge < -0.3 is 19.6 Å². The molecular formula is C27H35FN4O3. The number of β-amino-alcohol motifs (C(OH)–C–C–N with tert-alkyl or cyclic N) is 1. The molecule has 1 aromatic carbocycles. The smallest absolute Gasteiger partial charge is 0.227 e. The molecule has 2 atom stereocenters. The number of piperidine rings is 1. The second-order valence-electron chi connectivity index (χ2n) is 10.9. The number of aromatic nitrogens is 2. The van der Waals surface area contributed by atoms with Gasteiger partial charge in [-0.05, 0) is 74.5 Å². The van der Waals surface area contributed by atoms with Crippen molar-refractivity contribution in [1.82, 2.24) is 14.9 Å². The Balaban J connectivity index is 1.02. The fourth-order valence-electron chi connectivity index (χ4n) is 5.57. The Hall–Kier alpha value is -2.74. The highest BCUT2D eigenvalue weighted by atomic mass is 19.1. The number of aryl methyl sites for hydroxylation is 1. The largest absolute Gasteiger partial charge is 0.493 e. The normalized spacial score (nSPS) is 23.7. The zero-order valence-electron chi connectivity index (χ0n) is 20.6. The van der Waals surface area contributed by atoms with Gasteiger partial charge in [0.25, 0.3) is 0 Å². The van der Waals surface area contributed by atoms with Crippen molar-refractivity contribution in [1.29, 1.82) is 0 Å². The molecule has 1 saturated carbocycles. The van der Waals surface area contributed by atoms with Crippen LogP contribution in [0.15, 0.2) is 30.6 Å². The number of halogens is 1. The Morgan fingerprint density at radius 3 is 2.60 bits per heavy atom. The SMILES string of the molecule is Cc1cnc(N2CCC([C@H]3C[C@H]3CCOc3ccc(CC(=O)N4CC(C)(O)C4)c(F)c3)CC2)nc1. The highest BCUT2D eigenvalue weighted by Crippen LogP contribution is 2.49. The van der Waals surface area contributed by atoms with Crippen LogP contribution in [0.2, 0.25) is 0 Å². The molecule has 0 bridgehead atoms. The van der Waals surface area contributed by atoms with Crippen molar-refractivity contribution in [2.75, 3.05) is 37.7 Å². The van der Waals surface area contributed by atoms with Crippen LogP contribution in [0, 0.1) is 30.5 Å². The molecule has 5 rings (SSSR count). The van der Waals surface area contributed by atoms with E-state index >= 15 is 0 Å². The van der Waals surface area contributed by atoms with Crippen LogP contribution in [0.5, 0.6) is 5.75 Å². The maximum atomic E-state index is 14.5. The Kier molecular flexibility index (Phi) is 6.66. The lowest BCUT2D eigenvalue weighted by molar-refractivity contribution is -0.151. The Morgan fingerprint density at radius 2 is 1.94 bits per heavy atom. The minimum Gasteiger partial charge on any atom is -0.493 e. The molecular weight excluding hydrogens is 447 g/mol. The third-order valence-corrected chi connectivity index (χ3v) is 7.71. The molecule has 7 nitrogen and oxygen atoms in total. The highest BCUT2D eigenvalue weighted by molar-refractivity contribution is 5.80. The molecule has 0 radical (unpaired) electrons. The summed E-state index contributed by atoms with van der Waals surface area (Å²) in [4.78, 5) is 25.0. The van der Waals surface area contributed by atoms with Crippen LogP contribution in [0.4, 0.5) is 10.3 Å². The summed E-state index contributed by atoms with van der Waals surface area (Å²) in [6.07, 6.45) is 8.37. The van der Waals surface area contributed by atoms with Crippen LogP contribution < -0.4 is 9.64 Å². The number of likely N-dealkylation sites (tertiary alicyclic amines) is 1. The van der Waals surface area contributed by atoms with Crippen molar-refractivity contribution >= 4 is 11.9 Å². The third-order valence-electron chi connectivity index (χ3n) is 7.71. The standard InChI is InChI=1S/C27H35FN4O3/c1-18-14-29-26(30-15-18)31-8-5-19(6-9-31)23-11-20(23)7-10-35-22-4-3-21(24(28)13-22)12-25(33)32-16-27(2,34)17-32/h3-4,13-15,19-20,23,34H,5-12,16-17H2,1-2H3/t20-,23-/m1/s1. The molecule has 2 aliphatic heterocycles. The lowest BCUT2D eigenvalue weighted by atomic mass is 9.90. The number of hydrogen-bond acceptors (Lipinski definition) is 6. The predicted molar refractivity (Wildman–Crippen MR) is 131 cm³/mol. The number of aliphatic hydroxyl groups is 1. The summed E-state index contributed by atoms with van der Waals surface area (Å²) in [6.45, 7) is 6.91. The summed E-state index contributed by atoms with van der Waals surface area (Å²) in [7, 11) is 0. The molecule has 1 aromatic heterocycles. The molecule has 8 heteroatoms. The van der Waals surface area contributed by atoms with E-state index in [4.69, 9.17) is 4.74 Å². The summed E-state index contributed by atoms with van der Waals surface area (Å²) in [5.74, 6) is 2.98. The van der Waals surface area contributed by atoms with Crippen molar-refractivity contribution in [3.8, 4) is 5.75 Å². The number of hydrogen-bond donors (Lipinski definition) is 1. The first kappa shape index (κ1) is 24.0. The molecule has 2 aromatic rings. The quantitative estimate of drug-likeness (QED) is 0.622. The summed E-state index contributed by atoms with van der Waals surface area (Å²) < 4.78 is 20.3. The van der Waals surface area contributed by atoms with E-state index < -0.39 is 11.4 Å². The molecule has 0 spiro atoms. The molecule has 1 amide bonds. The van der Waals surface area contributed by atoms with Gasteiger partial charge in [-0.1, -0.05) is 6.07 Å². The Morgan fingerprint density at radius 1 is 1.23 bits per heavy atom. The summed E-state index contributed by atoms with van der Waals surface area (Å²) in [5.41, 5.74) is 0.623. The van der Waals surface area contributed by atoms with Gasteiger partial charge in [-0.3, -0.25) is 4.79 Å². The average Bonchev–Trinajstić information content (AvgIpc) is 3.59. The number of amides is 1. The molecule has 0 unspecified atom stereocenters. The number of ether oxygens (including phenoxy) is 1. The second kappa shape index (κ2) is 9.72. The van der Waals surface area contributed by atoms with E-state index in [9.17, 15) is 14.3 Å². The first-order chi connectivity index (χ1) is 16.8. The minimum absolute atomic E-state index is 0.000796. The lowest BCUT2D eigenvalue weighted by Crippen LogP contribution is -2.62. The van der Waals surface area contributed by atoms with Gasteiger partial charge in [0.15, 0.2) is 0 Å². The van der Waals surface area contributed by atoms with Crippen LogP contribution >= 0.6 is 0 Å². The van der Waals surface area contributed by atoms with Crippen molar-refractivity contribution in [2.45, 2.75) is 51.6 Å². The Labute approximate surface area is 206 Å². The van der Waals surface area contributed by atoms with E-state index in [1.807, 2.05) is 19.3 Å². The lowest BCUT2D eigenvalue weighted by Gasteiger charge is -2.44. The molecule has 3 aliphatic rings. The zero-order chi connectivity index (χ0) is 24.6. The maximum Gasteiger partial charge on any atom is 0.227 e. The van der Waals surface area contributed by atoms with Crippen LogP contribution in [0.25, 0.3) is 0 Å². The van der Waals surface area contributed by atoms with E-state index in [1.165, 1.54) is 25.3 Å². The molecule has 3 fully saturated rings. The van der Waals surface area contributed by atoms with Crippen molar-refractivity contribution in [3.63, 3.8) is 0 Å². The number of benzene rings is 1. The number of carbonyl (C=O) groups excluding carboxylic acids is 1. The molecule has 3 heterocycles. The highest BCUT2D eigenvalue weighted by Gasteiger charge is 2.43. The van der Waals surface area contributed by atoms with Gasteiger partial charge in [0.2, 0.25) is 11.9 Å². The van der Waals surface area contributed by atoms with E-state index in [-0.39, 0.29) is 12.3 Å². The van der Waals surface area contributed by atoms with E-state index in [1.54, 1.807) is 24.0 Å². The fraction of sp³-hybridized carbons (Fsp3) is 0.593. The van der Waals surface area contributed by atoms with Crippen molar-refractivity contribution in [2.24, 2.45) is 17.8 Å². The van der Waals surface area contributed by atoms with Crippen molar-refractivity contribution < 1.29 is 19.0 Å². The zero-order valence-corrected chi connectivity index (χ0v) is 20.6. The number of rotatable bonds is 8. The predicted octanol–water partition coefficient (Wildman–Crippen LogP) is 3.38. The van der Waals surface area contributed by atoms with Gasteiger partial charge in [0.05, 0.1) is 31.7 Å². The van der Waals surface area contributed by atoms with Crippen LogP contribution in [-0.4, -0.2) is 64.3 Å².